The standard InChI is InChI=1S/C26H20N4O4/c1-17-6-11-24(22(12-17)30-15-27-28-16-30)33-14-25(31)29-20-9-7-18(8-10-20)21-13-19-4-2-3-5-23(19)34-26(21)32/h2-13,15-16H,14H2,1H3,(H,29,31). The molecule has 5 rings (SSSR count). The van der Waals surface area contributed by atoms with Crippen LogP contribution in [0, 0.1) is 6.92 Å². The van der Waals surface area contributed by atoms with Crippen LogP contribution in [-0.2, 0) is 4.79 Å². The number of para-hydroxylation sites is 1. The Morgan fingerprint density at radius 3 is 2.56 bits per heavy atom. The molecule has 3 aromatic carbocycles. The van der Waals surface area contributed by atoms with Crippen LogP contribution in [0.1, 0.15) is 5.56 Å². The van der Waals surface area contributed by atoms with Gasteiger partial charge in [-0.05, 0) is 54.4 Å². The highest BCUT2D eigenvalue weighted by Gasteiger charge is 2.11. The number of amides is 1. The number of benzene rings is 3. The Balaban J connectivity index is 1.27. The average molecular weight is 452 g/mol. The fourth-order valence-corrected chi connectivity index (χ4v) is 3.61. The second kappa shape index (κ2) is 9.03. The first kappa shape index (κ1) is 21.1. The molecule has 0 aliphatic carbocycles. The molecular formula is C26H20N4O4. The van der Waals surface area contributed by atoms with Gasteiger partial charge in [-0.15, -0.1) is 10.2 Å². The number of carbonyl (C=O) groups is 1. The fourth-order valence-electron chi connectivity index (χ4n) is 3.61. The molecule has 0 bridgehead atoms. The smallest absolute Gasteiger partial charge is 0.344 e. The summed E-state index contributed by atoms with van der Waals surface area (Å²) < 4.78 is 12.9. The zero-order chi connectivity index (χ0) is 23.5. The minimum atomic E-state index is -0.411. The topological polar surface area (TPSA) is 99.2 Å². The molecule has 0 saturated carbocycles. The first-order chi connectivity index (χ1) is 16.6. The molecule has 2 aromatic heterocycles. The van der Waals surface area contributed by atoms with Gasteiger partial charge < -0.3 is 14.5 Å². The van der Waals surface area contributed by atoms with Crippen molar-refractivity contribution in [1.29, 1.82) is 0 Å². The van der Waals surface area contributed by atoms with Crippen LogP contribution in [0.3, 0.4) is 0 Å². The lowest BCUT2D eigenvalue weighted by Gasteiger charge is -2.13. The normalized spacial score (nSPS) is 10.9. The summed E-state index contributed by atoms with van der Waals surface area (Å²) >= 11 is 0. The molecule has 0 aliphatic heterocycles. The number of fused-ring (bicyclic) bond motifs is 1. The van der Waals surface area contributed by atoms with Crippen LogP contribution in [0.5, 0.6) is 5.75 Å². The highest BCUT2D eigenvalue weighted by Crippen LogP contribution is 2.25. The van der Waals surface area contributed by atoms with Crippen molar-refractivity contribution < 1.29 is 13.9 Å². The van der Waals surface area contributed by atoms with Crippen molar-refractivity contribution in [2.75, 3.05) is 11.9 Å². The maximum atomic E-state index is 12.5. The van der Waals surface area contributed by atoms with Gasteiger partial charge in [-0.25, -0.2) is 4.79 Å². The first-order valence-electron chi connectivity index (χ1n) is 10.6. The Morgan fingerprint density at radius 2 is 1.76 bits per heavy atom. The summed E-state index contributed by atoms with van der Waals surface area (Å²) in [6.45, 7) is 1.80. The maximum absolute atomic E-state index is 12.5. The molecule has 0 radical (unpaired) electrons. The van der Waals surface area contributed by atoms with Gasteiger partial charge in [0, 0.05) is 11.1 Å². The summed E-state index contributed by atoms with van der Waals surface area (Å²) in [5.41, 5.74) is 3.67. The quantitative estimate of drug-likeness (QED) is 0.384. The molecule has 1 N–H and O–H groups in total. The van der Waals surface area contributed by atoms with E-state index in [-0.39, 0.29) is 12.5 Å². The minimum Gasteiger partial charge on any atom is -0.482 e. The number of nitrogens with zero attached hydrogens (tertiary/aromatic N) is 3. The molecule has 168 valence electrons. The van der Waals surface area contributed by atoms with Gasteiger partial charge in [0.15, 0.2) is 6.61 Å². The van der Waals surface area contributed by atoms with Crippen LogP contribution in [-0.4, -0.2) is 27.3 Å². The van der Waals surface area contributed by atoms with Crippen molar-refractivity contribution >= 4 is 22.6 Å². The molecule has 0 unspecified atom stereocenters. The third-order valence-electron chi connectivity index (χ3n) is 5.29. The summed E-state index contributed by atoms with van der Waals surface area (Å²) in [6.07, 6.45) is 3.14. The van der Waals surface area contributed by atoms with Gasteiger partial charge >= 0.3 is 5.63 Å². The third-order valence-corrected chi connectivity index (χ3v) is 5.29. The lowest BCUT2D eigenvalue weighted by Crippen LogP contribution is -2.20. The number of carbonyl (C=O) groups excluding carboxylic acids is 1. The molecule has 0 spiro atoms. The molecular weight excluding hydrogens is 432 g/mol. The zero-order valence-corrected chi connectivity index (χ0v) is 18.3. The van der Waals surface area contributed by atoms with E-state index in [2.05, 4.69) is 15.5 Å². The zero-order valence-electron chi connectivity index (χ0n) is 18.3. The van der Waals surface area contributed by atoms with Crippen LogP contribution in [0.2, 0.25) is 0 Å². The van der Waals surface area contributed by atoms with E-state index in [1.54, 1.807) is 53.6 Å². The molecule has 0 atom stereocenters. The molecule has 2 heterocycles. The van der Waals surface area contributed by atoms with Crippen molar-refractivity contribution in [2.24, 2.45) is 0 Å². The summed E-state index contributed by atoms with van der Waals surface area (Å²) in [6, 6.07) is 21.8. The van der Waals surface area contributed by atoms with Crippen LogP contribution in [0.4, 0.5) is 5.69 Å². The highest BCUT2D eigenvalue weighted by molar-refractivity contribution is 5.92. The van der Waals surface area contributed by atoms with E-state index in [9.17, 15) is 9.59 Å². The Labute approximate surface area is 194 Å². The van der Waals surface area contributed by atoms with E-state index in [4.69, 9.17) is 9.15 Å². The van der Waals surface area contributed by atoms with E-state index in [0.717, 1.165) is 16.6 Å². The number of hydrogen-bond acceptors (Lipinski definition) is 6. The number of hydrogen-bond donors (Lipinski definition) is 1. The van der Waals surface area contributed by atoms with Gasteiger partial charge in [0.05, 0.1) is 11.3 Å². The van der Waals surface area contributed by atoms with Crippen molar-refractivity contribution in [1.82, 2.24) is 14.8 Å². The number of anilines is 1. The van der Waals surface area contributed by atoms with Gasteiger partial charge in [0.2, 0.25) is 0 Å². The van der Waals surface area contributed by atoms with Crippen molar-refractivity contribution in [3.8, 4) is 22.6 Å². The number of ether oxygens (including phenoxy) is 1. The van der Waals surface area contributed by atoms with E-state index in [1.165, 1.54) is 0 Å². The van der Waals surface area contributed by atoms with Gasteiger partial charge in [-0.2, -0.15) is 0 Å². The van der Waals surface area contributed by atoms with E-state index in [0.29, 0.717) is 28.1 Å². The van der Waals surface area contributed by atoms with E-state index < -0.39 is 5.63 Å². The predicted molar refractivity (Wildman–Crippen MR) is 128 cm³/mol. The largest absolute Gasteiger partial charge is 0.482 e. The lowest BCUT2D eigenvalue weighted by molar-refractivity contribution is -0.118. The Kier molecular flexibility index (Phi) is 5.61. The van der Waals surface area contributed by atoms with Crippen molar-refractivity contribution in [3.05, 3.63) is 101 Å². The Hall–Kier alpha value is -4.72. The van der Waals surface area contributed by atoms with Crippen LogP contribution in [0.15, 0.2) is 94.7 Å². The minimum absolute atomic E-state index is 0.172. The highest BCUT2D eigenvalue weighted by atomic mass is 16.5. The monoisotopic (exact) mass is 452 g/mol. The van der Waals surface area contributed by atoms with Crippen LogP contribution < -0.4 is 15.7 Å². The first-order valence-corrected chi connectivity index (χ1v) is 10.6. The molecule has 8 heteroatoms. The second-order valence-electron chi connectivity index (χ2n) is 7.74. The number of aromatic nitrogens is 3. The molecule has 0 aliphatic rings. The number of nitrogens with one attached hydrogen (secondary N) is 1. The Morgan fingerprint density at radius 1 is 1.00 bits per heavy atom. The van der Waals surface area contributed by atoms with Crippen molar-refractivity contribution in [2.45, 2.75) is 6.92 Å². The van der Waals surface area contributed by atoms with Gasteiger partial charge in [0.1, 0.15) is 24.0 Å². The molecule has 0 fully saturated rings. The van der Waals surface area contributed by atoms with Crippen molar-refractivity contribution in [3.63, 3.8) is 0 Å². The summed E-state index contributed by atoms with van der Waals surface area (Å²) in [5.74, 6) is 0.229. The lowest BCUT2D eigenvalue weighted by atomic mass is 10.1. The van der Waals surface area contributed by atoms with E-state index >= 15 is 0 Å². The summed E-state index contributed by atoms with van der Waals surface area (Å²) in [4.78, 5) is 24.9. The number of rotatable bonds is 6. The maximum Gasteiger partial charge on any atom is 0.344 e. The molecule has 1 amide bonds. The summed E-state index contributed by atoms with van der Waals surface area (Å²) in [5, 5.41) is 11.3. The van der Waals surface area contributed by atoms with E-state index in [1.807, 2.05) is 43.3 Å². The average Bonchev–Trinajstić information content (AvgIpc) is 3.38. The Bertz CT molecular complexity index is 1520. The fraction of sp³-hybridized carbons (Fsp3) is 0.0769. The predicted octanol–water partition coefficient (Wildman–Crippen LogP) is 4.37. The molecule has 34 heavy (non-hydrogen) atoms. The molecule has 5 aromatic rings. The van der Waals surface area contributed by atoms with Crippen LogP contribution >= 0.6 is 0 Å². The third kappa shape index (κ3) is 4.42. The molecule has 8 nitrogen and oxygen atoms in total. The summed E-state index contributed by atoms with van der Waals surface area (Å²) in [7, 11) is 0. The van der Waals surface area contributed by atoms with Gasteiger partial charge in [0.25, 0.3) is 5.91 Å². The SMILES string of the molecule is Cc1ccc(OCC(=O)Nc2ccc(-c3cc4ccccc4oc3=O)cc2)c(-n2cnnc2)c1. The van der Waals surface area contributed by atoms with Crippen LogP contribution in [0.25, 0.3) is 27.8 Å². The number of aryl methyl sites for hydroxylation is 1. The second-order valence-corrected chi connectivity index (χ2v) is 7.74. The van der Waals surface area contributed by atoms with Gasteiger partial charge in [-0.1, -0.05) is 36.4 Å². The van der Waals surface area contributed by atoms with Gasteiger partial charge in [-0.3, -0.25) is 9.36 Å². The molecule has 0 saturated heterocycles.